The van der Waals surface area contributed by atoms with Gasteiger partial charge in [0, 0.05) is 23.0 Å². The second-order valence-corrected chi connectivity index (χ2v) is 8.05. The summed E-state index contributed by atoms with van der Waals surface area (Å²) in [7, 11) is 0. The van der Waals surface area contributed by atoms with Crippen LogP contribution >= 0.6 is 24.4 Å². The molecule has 2 aromatic rings. The minimum Gasteiger partial charge on any atom is -0.479 e. The van der Waals surface area contributed by atoms with Gasteiger partial charge in [-0.1, -0.05) is 30.3 Å². The molecule has 2 aromatic carbocycles. The fraction of sp³-hybridized carbons (Fsp3) is 0.368. The highest BCUT2D eigenvalue weighted by molar-refractivity contribution is 8.00. The Hall–Kier alpha value is -1.14. The molecule has 0 radical (unpaired) electrons. The summed E-state index contributed by atoms with van der Waals surface area (Å²) in [5.74, 6) is 0.843. The predicted octanol–water partition coefficient (Wildman–Crippen LogP) is 3.52. The summed E-state index contributed by atoms with van der Waals surface area (Å²) in [5, 5.41) is 19.4. The van der Waals surface area contributed by atoms with E-state index in [1.807, 2.05) is 30.3 Å². The molecule has 3 atom stereocenters. The van der Waals surface area contributed by atoms with E-state index in [1.165, 1.54) is 5.56 Å². The average Bonchev–Trinajstić information content (AvgIpc) is 2.58. The summed E-state index contributed by atoms with van der Waals surface area (Å²) in [6, 6.07) is 16.1. The zero-order chi connectivity index (χ0) is 16.9. The molecule has 0 bridgehead atoms. The van der Waals surface area contributed by atoms with E-state index in [9.17, 15) is 10.2 Å². The average molecular weight is 363 g/mol. The quantitative estimate of drug-likeness (QED) is 0.713. The van der Waals surface area contributed by atoms with Crippen LogP contribution in [0.3, 0.4) is 0 Å². The van der Waals surface area contributed by atoms with Crippen molar-refractivity contribution in [2.45, 2.75) is 40.9 Å². The summed E-state index contributed by atoms with van der Waals surface area (Å²) in [6.45, 7) is 0.0688. The highest BCUT2D eigenvalue weighted by Gasteiger charge is 2.29. The Morgan fingerprint density at radius 1 is 1.08 bits per heavy atom. The maximum Gasteiger partial charge on any atom is 0.147 e. The van der Waals surface area contributed by atoms with E-state index >= 15 is 0 Å². The Morgan fingerprint density at radius 2 is 1.83 bits per heavy atom. The number of rotatable bonds is 5. The number of benzene rings is 2. The van der Waals surface area contributed by atoms with Crippen molar-refractivity contribution in [1.82, 2.24) is 0 Å². The van der Waals surface area contributed by atoms with Gasteiger partial charge in [0.2, 0.25) is 0 Å². The van der Waals surface area contributed by atoms with Gasteiger partial charge < -0.3 is 14.9 Å². The predicted molar refractivity (Wildman–Crippen MR) is 101 cm³/mol. The van der Waals surface area contributed by atoms with Crippen LogP contribution in [-0.2, 0) is 6.42 Å². The minimum absolute atomic E-state index is 0.0360. The highest BCUT2D eigenvalue weighted by Crippen LogP contribution is 2.34. The van der Waals surface area contributed by atoms with E-state index in [-0.39, 0.29) is 17.3 Å². The van der Waals surface area contributed by atoms with Crippen molar-refractivity contribution in [3.8, 4) is 5.75 Å². The molecule has 1 fully saturated rings. The molecule has 0 saturated carbocycles. The Labute approximate surface area is 152 Å². The number of aliphatic hydroxyl groups is 2. The molecule has 128 valence electrons. The molecule has 1 unspecified atom stereocenters. The number of para-hydroxylation sites is 1. The first-order valence-electron chi connectivity index (χ1n) is 8.11. The van der Waals surface area contributed by atoms with Gasteiger partial charge in [-0.2, -0.15) is 0 Å². The van der Waals surface area contributed by atoms with Crippen LogP contribution in [0.5, 0.6) is 5.75 Å². The maximum atomic E-state index is 9.98. The molecule has 0 aromatic heterocycles. The molecule has 1 saturated heterocycles. The van der Waals surface area contributed by atoms with Crippen LogP contribution in [0, 0.1) is 0 Å². The number of thioether (sulfide) groups is 1. The van der Waals surface area contributed by atoms with Gasteiger partial charge in [0.1, 0.15) is 11.2 Å². The Bertz CT molecular complexity index is 660. The number of thiol groups is 1. The zero-order valence-electron chi connectivity index (χ0n) is 13.3. The van der Waals surface area contributed by atoms with Gasteiger partial charge in [-0.3, -0.25) is 0 Å². The van der Waals surface area contributed by atoms with Crippen LogP contribution in [0.1, 0.15) is 24.0 Å². The van der Waals surface area contributed by atoms with Crippen molar-refractivity contribution in [3.63, 3.8) is 0 Å². The number of hydrogen-bond acceptors (Lipinski definition) is 5. The Kier molecular flexibility index (Phi) is 6.11. The molecule has 0 spiro atoms. The lowest BCUT2D eigenvalue weighted by Gasteiger charge is -2.31. The third-order valence-electron chi connectivity index (χ3n) is 4.11. The summed E-state index contributed by atoms with van der Waals surface area (Å²) >= 11 is 5.92. The van der Waals surface area contributed by atoms with E-state index in [0.29, 0.717) is 12.8 Å². The van der Waals surface area contributed by atoms with Crippen LogP contribution in [-0.4, -0.2) is 33.6 Å². The fourth-order valence-electron chi connectivity index (χ4n) is 2.88. The minimum atomic E-state index is -0.413. The van der Waals surface area contributed by atoms with Crippen LogP contribution in [0.25, 0.3) is 0 Å². The monoisotopic (exact) mass is 362 g/mol. The normalized spacial score (nSPS) is 23.9. The van der Waals surface area contributed by atoms with E-state index < -0.39 is 6.10 Å². The van der Waals surface area contributed by atoms with E-state index in [1.54, 1.807) is 11.8 Å². The Morgan fingerprint density at radius 3 is 2.58 bits per heavy atom. The van der Waals surface area contributed by atoms with E-state index in [4.69, 9.17) is 4.74 Å². The molecular formula is C19H22O3S2. The van der Waals surface area contributed by atoms with Crippen molar-refractivity contribution in [3.05, 3.63) is 59.7 Å². The highest BCUT2D eigenvalue weighted by atomic mass is 32.2. The Balaban J connectivity index is 1.73. The summed E-state index contributed by atoms with van der Waals surface area (Å²) in [5.41, 5.74) is 2.19. The molecule has 5 heteroatoms. The lowest BCUT2D eigenvalue weighted by Crippen LogP contribution is -2.33. The van der Waals surface area contributed by atoms with Crippen molar-refractivity contribution >= 4 is 24.4 Å². The molecule has 3 rings (SSSR count). The standard InChI is InChI=1S/C19H22O3S2/c20-12-17-10-15(21)11-19(24-17)22-18-4-2-1-3-14(18)9-13-5-7-16(23)8-6-13/h1-8,15,17,19-21,23H,9-12H2/t15?,17-,19+/m0/s1. The van der Waals surface area contributed by atoms with Crippen LogP contribution in [0.4, 0.5) is 0 Å². The number of hydrogen-bond donors (Lipinski definition) is 3. The number of ether oxygens (including phenoxy) is 1. The molecule has 1 heterocycles. The van der Waals surface area contributed by atoms with Crippen LogP contribution < -0.4 is 4.74 Å². The SMILES string of the molecule is OC[C@@H]1CC(O)C[C@H](Oc2ccccc2Cc2ccc(S)cc2)S1. The van der Waals surface area contributed by atoms with Gasteiger partial charge in [-0.05, 0) is 35.7 Å². The van der Waals surface area contributed by atoms with Crippen molar-refractivity contribution in [2.24, 2.45) is 0 Å². The van der Waals surface area contributed by atoms with Gasteiger partial charge in [-0.25, -0.2) is 0 Å². The second kappa shape index (κ2) is 8.30. The fourth-order valence-corrected chi connectivity index (χ4v) is 4.37. The smallest absolute Gasteiger partial charge is 0.147 e. The summed E-state index contributed by atoms with van der Waals surface area (Å²) in [6.07, 6.45) is 1.58. The van der Waals surface area contributed by atoms with Gasteiger partial charge in [0.15, 0.2) is 0 Å². The second-order valence-electron chi connectivity index (χ2n) is 6.06. The molecule has 3 nitrogen and oxygen atoms in total. The topological polar surface area (TPSA) is 49.7 Å². The lowest BCUT2D eigenvalue weighted by atomic mass is 10.0. The number of aliphatic hydroxyl groups excluding tert-OH is 2. The van der Waals surface area contributed by atoms with Crippen LogP contribution in [0.2, 0.25) is 0 Å². The van der Waals surface area contributed by atoms with Crippen molar-refractivity contribution in [1.29, 1.82) is 0 Å². The first kappa shape index (κ1) is 17.7. The first-order valence-corrected chi connectivity index (χ1v) is 9.50. The molecule has 2 N–H and O–H groups in total. The first-order chi connectivity index (χ1) is 11.6. The largest absolute Gasteiger partial charge is 0.479 e. The maximum absolute atomic E-state index is 9.98. The lowest BCUT2D eigenvalue weighted by molar-refractivity contribution is 0.104. The molecule has 1 aliphatic heterocycles. The van der Waals surface area contributed by atoms with Gasteiger partial charge in [-0.15, -0.1) is 24.4 Å². The van der Waals surface area contributed by atoms with Crippen LogP contribution in [0.15, 0.2) is 53.4 Å². The summed E-state index contributed by atoms with van der Waals surface area (Å²) < 4.78 is 6.16. The van der Waals surface area contributed by atoms with E-state index in [0.717, 1.165) is 22.6 Å². The van der Waals surface area contributed by atoms with Gasteiger partial charge >= 0.3 is 0 Å². The molecule has 1 aliphatic rings. The van der Waals surface area contributed by atoms with Gasteiger partial charge in [0.05, 0.1) is 12.7 Å². The van der Waals surface area contributed by atoms with Crippen molar-refractivity contribution < 1.29 is 14.9 Å². The molecular weight excluding hydrogens is 340 g/mol. The van der Waals surface area contributed by atoms with Gasteiger partial charge in [0.25, 0.3) is 0 Å². The third-order valence-corrected chi connectivity index (χ3v) is 5.73. The summed E-state index contributed by atoms with van der Waals surface area (Å²) in [4.78, 5) is 0.950. The zero-order valence-corrected chi connectivity index (χ0v) is 15.0. The van der Waals surface area contributed by atoms with E-state index in [2.05, 4.69) is 30.8 Å². The van der Waals surface area contributed by atoms with Crippen molar-refractivity contribution in [2.75, 3.05) is 6.61 Å². The third kappa shape index (κ3) is 4.70. The molecule has 24 heavy (non-hydrogen) atoms. The molecule has 0 amide bonds. The molecule has 0 aliphatic carbocycles.